The molecule has 4 heterocycles. The van der Waals surface area contributed by atoms with Crippen LogP contribution < -0.4 is 10.2 Å². The van der Waals surface area contributed by atoms with E-state index in [0.717, 1.165) is 84.7 Å². The molecule has 6 nitrogen and oxygen atoms in total. The zero-order valence-corrected chi connectivity index (χ0v) is 18.5. The van der Waals surface area contributed by atoms with Gasteiger partial charge in [-0.15, -0.1) is 0 Å². The molecule has 6 rings (SSSR count). The maximum absolute atomic E-state index is 5.73. The zero-order valence-electron chi connectivity index (χ0n) is 18.5. The lowest BCUT2D eigenvalue weighted by Gasteiger charge is -2.35. The third-order valence-electron chi connectivity index (χ3n) is 6.99. The molecule has 1 atom stereocenters. The smallest absolute Gasteiger partial charge is 0.162 e. The number of ether oxygens (including phenoxy) is 1. The number of nitrogens with zero attached hydrogens (tertiary/aromatic N) is 3. The average molecular weight is 428 g/mol. The van der Waals surface area contributed by atoms with Gasteiger partial charge < -0.3 is 19.9 Å². The van der Waals surface area contributed by atoms with Crippen LogP contribution in [0.15, 0.2) is 48.7 Å². The Morgan fingerprint density at radius 1 is 1.00 bits per heavy atom. The van der Waals surface area contributed by atoms with Crippen molar-refractivity contribution < 1.29 is 4.74 Å². The van der Waals surface area contributed by atoms with Crippen molar-refractivity contribution >= 4 is 27.6 Å². The first kappa shape index (κ1) is 19.7. The molecule has 0 aliphatic carbocycles. The summed E-state index contributed by atoms with van der Waals surface area (Å²) in [6.45, 7) is 6.65. The van der Waals surface area contributed by atoms with Crippen molar-refractivity contribution in [2.75, 3.05) is 37.7 Å². The molecule has 32 heavy (non-hydrogen) atoms. The van der Waals surface area contributed by atoms with Gasteiger partial charge in [-0.2, -0.15) is 0 Å². The van der Waals surface area contributed by atoms with Crippen LogP contribution in [0.1, 0.15) is 31.2 Å². The summed E-state index contributed by atoms with van der Waals surface area (Å²) in [6.07, 6.45) is 4.28. The van der Waals surface area contributed by atoms with Crippen LogP contribution in [0, 0.1) is 0 Å². The quantitative estimate of drug-likeness (QED) is 0.505. The standard InChI is InChI=1S/C26H29N5O/c1-17-16-32-15-14-31(17)26-22-6-2-4-19(18-8-11-27-12-9-18)24(22)29-25(30-26)21-5-3-7-23-20(21)10-13-28-23/h2-7,10,13,17-18,27-28H,8-9,11-12,14-16H2,1H3/t17-/m1/s1. The Kier molecular flexibility index (Phi) is 5.04. The molecular weight excluding hydrogens is 398 g/mol. The number of H-pyrrole nitrogens is 1. The van der Waals surface area contributed by atoms with Gasteiger partial charge in [0.05, 0.1) is 24.8 Å². The number of nitrogens with one attached hydrogen (secondary N) is 2. The summed E-state index contributed by atoms with van der Waals surface area (Å²) in [4.78, 5) is 16.2. The first-order chi connectivity index (χ1) is 15.8. The van der Waals surface area contributed by atoms with Gasteiger partial charge in [-0.1, -0.05) is 24.3 Å². The number of aromatic amines is 1. The minimum Gasteiger partial charge on any atom is -0.377 e. The van der Waals surface area contributed by atoms with Crippen molar-refractivity contribution in [2.45, 2.75) is 31.7 Å². The number of rotatable bonds is 3. The van der Waals surface area contributed by atoms with Crippen molar-refractivity contribution in [1.29, 1.82) is 0 Å². The highest BCUT2D eigenvalue weighted by Crippen LogP contribution is 2.37. The van der Waals surface area contributed by atoms with Gasteiger partial charge in [-0.05, 0) is 62.5 Å². The maximum Gasteiger partial charge on any atom is 0.162 e. The van der Waals surface area contributed by atoms with Crippen LogP contribution in [-0.2, 0) is 4.74 Å². The Morgan fingerprint density at radius 2 is 1.88 bits per heavy atom. The number of anilines is 1. The van der Waals surface area contributed by atoms with Gasteiger partial charge >= 0.3 is 0 Å². The molecule has 0 amide bonds. The molecule has 2 aromatic heterocycles. The monoisotopic (exact) mass is 427 g/mol. The molecule has 0 saturated carbocycles. The third kappa shape index (κ3) is 3.34. The van der Waals surface area contributed by atoms with Crippen molar-refractivity contribution in [3.63, 3.8) is 0 Å². The number of hydrogen-bond acceptors (Lipinski definition) is 5. The van der Waals surface area contributed by atoms with Crippen LogP contribution in [0.4, 0.5) is 5.82 Å². The van der Waals surface area contributed by atoms with E-state index in [-0.39, 0.29) is 6.04 Å². The molecule has 2 aliphatic rings. The Labute approximate surface area is 188 Å². The lowest BCUT2D eigenvalue weighted by atomic mass is 9.88. The molecular formula is C26H29N5O. The van der Waals surface area contributed by atoms with Crippen molar-refractivity contribution in [3.8, 4) is 11.4 Å². The maximum atomic E-state index is 5.73. The summed E-state index contributed by atoms with van der Waals surface area (Å²) in [6, 6.07) is 15.4. The van der Waals surface area contributed by atoms with Gasteiger partial charge in [0, 0.05) is 34.6 Å². The molecule has 2 saturated heterocycles. The molecule has 2 fully saturated rings. The average Bonchev–Trinajstić information content (AvgIpc) is 3.33. The van der Waals surface area contributed by atoms with E-state index >= 15 is 0 Å². The van der Waals surface area contributed by atoms with E-state index in [1.54, 1.807) is 0 Å². The van der Waals surface area contributed by atoms with E-state index < -0.39 is 0 Å². The van der Waals surface area contributed by atoms with Crippen LogP contribution in [0.5, 0.6) is 0 Å². The van der Waals surface area contributed by atoms with Gasteiger partial charge in [-0.3, -0.25) is 0 Å². The molecule has 0 unspecified atom stereocenters. The van der Waals surface area contributed by atoms with Crippen molar-refractivity contribution in [3.05, 3.63) is 54.2 Å². The van der Waals surface area contributed by atoms with E-state index in [0.29, 0.717) is 5.92 Å². The molecule has 0 bridgehead atoms. The molecule has 4 aromatic rings. The third-order valence-corrected chi connectivity index (χ3v) is 6.99. The molecule has 2 aromatic carbocycles. The fourth-order valence-corrected chi connectivity index (χ4v) is 5.28. The van der Waals surface area contributed by atoms with E-state index in [1.807, 2.05) is 6.20 Å². The molecule has 164 valence electrons. The van der Waals surface area contributed by atoms with Gasteiger partial charge in [0.2, 0.25) is 0 Å². The summed E-state index contributed by atoms with van der Waals surface area (Å²) in [5.74, 6) is 2.36. The molecule has 2 N–H and O–H groups in total. The summed E-state index contributed by atoms with van der Waals surface area (Å²) in [5.41, 5.74) is 4.65. The van der Waals surface area contributed by atoms with Crippen molar-refractivity contribution in [1.82, 2.24) is 20.3 Å². The predicted octanol–water partition coefficient (Wildman–Crippen LogP) is 4.47. The SMILES string of the molecule is C[C@@H]1COCCN1c1nc(-c2cccc3[nH]ccc23)nc2c(C3CCNCC3)cccc12. The molecule has 2 aliphatic heterocycles. The van der Waals surface area contributed by atoms with Gasteiger partial charge in [0.1, 0.15) is 5.82 Å². The first-order valence-electron chi connectivity index (χ1n) is 11.7. The van der Waals surface area contributed by atoms with E-state index in [4.69, 9.17) is 14.7 Å². The van der Waals surface area contributed by atoms with E-state index in [9.17, 15) is 0 Å². The highest BCUT2D eigenvalue weighted by Gasteiger charge is 2.26. The van der Waals surface area contributed by atoms with Crippen LogP contribution >= 0.6 is 0 Å². The van der Waals surface area contributed by atoms with E-state index in [1.165, 1.54) is 5.56 Å². The minimum atomic E-state index is 0.278. The Bertz CT molecular complexity index is 1260. The number of fused-ring (bicyclic) bond motifs is 2. The Morgan fingerprint density at radius 3 is 2.75 bits per heavy atom. The topological polar surface area (TPSA) is 66.1 Å². The Hall–Kier alpha value is -2.96. The largest absolute Gasteiger partial charge is 0.377 e. The van der Waals surface area contributed by atoms with Gasteiger partial charge in [0.25, 0.3) is 0 Å². The summed E-state index contributed by atoms with van der Waals surface area (Å²) >= 11 is 0. The predicted molar refractivity (Wildman–Crippen MR) is 129 cm³/mol. The van der Waals surface area contributed by atoms with Gasteiger partial charge in [-0.25, -0.2) is 9.97 Å². The molecule has 6 heteroatoms. The molecule has 0 radical (unpaired) electrons. The summed E-state index contributed by atoms with van der Waals surface area (Å²) < 4.78 is 5.73. The number of piperidine rings is 1. The minimum absolute atomic E-state index is 0.278. The second-order valence-electron chi connectivity index (χ2n) is 9.00. The van der Waals surface area contributed by atoms with Crippen LogP contribution in [0.2, 0.25) is 0 Å². The number of hydrogen-bond donors (Lipinski definition) is 2. The lowest BCUT2D eigenvalue weighted by molar-refractivity contribution is 0.0987. The second kappa shape index (κ2) is 8.19. The molecule has 0 spiro atoms. The first-order valence-corrected chi connectivity index (χ1v) is 11.7. The number of morpholine rings is 1. The van der Waals surface area contributed by atoms with Crippen LogP contribution in [0.25, 0.3) is 33.2 Å². The summed E-state index contributed by atoms with van der Waals surface area (Å²) in [5, 5.41) is 5.81. The number of para-hydroxylation sites is 1. The lowest BCUT2D eigenvalue weighted by Crippen LogP contribution is -2.44. The fourth-order valence-electron chi connectivity index (χ4n) is 5.28. The highest BCUT2D eigenvalue weighted by molar-refractivity contribution is 5.97. The highest BCUT2D eigenvalue weighted by atomic mass is 16.5. The normalized spacial score (nSPS) is 20.3. The fraction of sp³-hybridized carbons (Fsp3) is 0.385. The van der Waals surface area contributed by atoms with Crippen LogP contribution in [0.3, 0.4) is 0 Å². The van der Waals surface area contributed by atoms with E-state index in [2.05, 4.69) is 64.6 Å². The number of benzene rings is 2. The second-order valence-corrected chi connectivity index (χ2v) is 9.00. The zero-order chi connectivity index (χ0) is 21.5. The van der Waals surface area contributed by atoms with Crippen molar-refractivity contribution in [2.24, 2.45) is 0 Å². The Balaban J connectivity index is 1.60. The summed E-state index contributed by atoms with van der Waals surface area (Å²) in [7, 11) is 0. The van der Waals surface area contributed by atoms with Gasteiger partial charge in [0.15, 0.2) is 5.82 Å². The van der Waals surface area contributed by atoms with Crippen LogP contribution in [-0.4, -0.2) is 53.8 Å². The number of aromatic nitrogens is 3.